The predicted molar refractivity (Wildman–Crippen MR) is 32.9 cm³/mol. The standard InChI is InChI=1S/C7H7NO2.K/c9-7(10)4-6-2-1-3-8-5-6;/h1-3,5H,4H2,(H,9,10);/q;+1/p-1. The van der Waals surface area contributed by atoms with Crippen molar-refractivity contribution in [3.8, 4) is 0 Å². The van der Waals surface area contributed by atoms with Crippen LogP contribution in [0.2, 0.25) is 0 Å². The van der Waals surface area contributed by atoms with Gasteiger partial charge in [-0.2, -0.15) is 0 Å². The molecule has 0 radical (unpaired) electrons. The van der Waals surface area contributed by atoms with Crippen molar-refractivity contribution in [2.75, 3.05) is 0 Å². The van der Waals surface area contributed by atoms with Crippen molar-refractivity contribution in [3.63, 3.8) is 0 Å². The first-order valence-corrected chi connectivity index (χ1v) is 2.88. The third-order valence-electron chi connectivity index (χ3n) is 1.07. The van der Waals surface area contributed by atoms with Crippen molar-refractivity contribution in [2.24, 2.45) is 0 Å². The molecule has 0 fully saturated rings. The molecular formula is C7H6KNO2. The molecule has 0 bridgehead atoms. The van der Waals surface area contributed by atoms with Gasteiger partial charge in [0, 0.05) is 24.8 Å². The number of pyridine rings is 1. The second kappa shape index (κ2) is 5.85. The Labute approximate surface area is 107 Å². The summed E-state index contributed by atoms with van der Waals surface area (Å²) < 4.78 is 0. The van der Waals surface area contributed by atoms with Crippen molar-refractivity contribution < 1.29 is 61.3 Å². The second-order valence-corrected chi connectivity index (χ2v) is 1.91. The number of carboxylic acids is 1. The number of aromatic nitrogens is 1. The maximum Gasteiger partial charge on any atom is 1.00 e. The Morgan fingerprint density at radius 1 is 1.64 bits per heavy atom. The molecule has 1 rings (SSSR count). The fourth-order valence-corrected chi connectivity index (χ4v) is 0.669. The number of carbonyl (C=O) groups excluding carboxylic acids is 1. The van der Waals surface area contributed by atoms with Gasteiger partial charge < -0.3 is 9.90 Å². The van der Waals surface area contributed by atoms with Crippen molar-refractivity contribution in [1.29, 1.82) is 0 Å². The second-order valence-electron chi connectivity index (χ2n) is 1.91. The van der Waals surface area contributed by atoms with Crippen molar-refractivity contribution in [1.82, 2.24) is 4.98 Å². The quantitative estimate of drug-likeness (QED) is 0.436. The van der Waals surface area contributed by atoms with Crippen molar-refractivity contribution in [3.05, 3.63) is 30.1 Å². The zero-order valence-corrected chi connectivity index (χ0v) is 9.40. The Bertz CT molecular complexity index is 225. The summed E-state index contributed by atoms with van der Waals surface area (Å²) in [7, 11) is 0. The zero-order chi connectivity index (χ0) is 7.40. The Hall–Kier alpha value is 0.256. The maximum absolute atomic E-state index is 10.0. The molecule has 0 saturated heterocycles. The number of rotatable bonds is 2. The predicted octanol–water partition coefficient (Wildman–Crippen LogP) is -3.62. The number of carbonyl (C=O) groups is 1. The summed E-state index contributed by atoms with van der Waals surface area (Å²) in [5, 5.41) is 10.0. The molecule has 11 heavy (non-hydrogen) atoms. The van der Waals surface area contributed by atoms with Gasteiger partial charge in [0.2, 0.25) is 0 Å². The summed E-state index contributed by atoms with van der Waals surface area (Å²) >= 11 is 0. The van der Waals surface area contributed by atoms with Crippen LogP contribution in [-0.2, 0) is 11.2 Å². The molecule has 0 unspecified atom stereocenters. The third-order valence-corrected chi connectivity index (χ3v) is 1.07. The van der Waals surface area contributed by atoms with E-state index in [4.69, 9.17) is 0 Å². The Balaban J connectivity index is 0.000001000. The van der Waals surface area contributed by atoms with Gasteiger partial charge in [-0.25, -0.2) is 0 Å². The fourth-order valence-electron chi connectivity index (χ4n) is 0.669. The van der Waals surface area contributed by atoms with E-state index in [1.807, 2.05) is 0 Å². The molecule has 3 nitrogen and oxygen atoms in total. The van der Waals surface area contributed by atoms with Crippen LogP contribution in [0.25, 0.3) is 0 Å². The number of aliphatic carboxylic acids is 1. The van der Waals surface area contributed by atoms with Gasteiger partial charge in [-0.15, -0.1) is 0 Å². The molecule has 0 amide bonds. The molecule has 4 heteroatoms. The largest absolute Gasteiger partial charge is 1.00 e. The Kier molecular flexibility index (Phi) is 5.99. The molecule has 0 aliphatic carbocycles. The van der Waals surface area contributed by atoms with Crippen LogP contribution in [-0.4, -0.2) is 11.0 Å². The third kappa shape index (κ3) is 4.65. The number of nitrogens with zero attached hydrogens (tertiary/aromatic N) is 1. The summed E-state index contributed by atoms with van der Waals surface area (Å²) in [5.74, 6) is -1.08. The maximum atomic E-state index is 10.0. The normalized spacial score (nSPS) is 8.36. The minimum atomic E-state index is -1.08. The van der Waals surface area contributed by atoms with Crippen LogP contribution in [0.5, 0.6) is 0 Å². The minimum absolute atomic E-state index is 0. The first-order valence-electron chi connectivity index (χ1n) is 2.88. The summed E-state index contributed by atoms with van der Waals surface area (Å²) in [6.45, 7) is 0. The molecule has 0 atom stereocenters. The molecule has 0 aromatic carbocycles. The summed E-state index contributed by atoms with van der Waals surface area (Å²) in [4.78, 5) is 13.8. The Morgan fingerprint density at radius 3 is 2.82 bits per heavy atom. The van der Waals surface area contributed by atoms with Crippen molar-refractivity contribution in [2.45, 2.75) is 6.42 Å². The van der Waals surface area contributed by atoms with E-state index in [0.29, 0.717) is 5.56 Å². The molecule has 1 heterocycles. The van der Waals surface area contributed by atoms with Gasteiger partial charge in [0.15, 0.2) is 0 Å². The zero-order valence-electron chi connectivity index (χ0n) is 6.28. The average Bonchev–Trinajstić information content (AvgIpc) is 1.88. The first-order chi connectivity index (χ1) is 4.79. The van der Waals surface area contributed by atoms with Crippen LogP contribution >= 0.6 is 0 Å². The van der Waals surface area contributed by atoms with Gasteiger partial charge in [0.25, 0.3) is 0 Å². The molecule has 1 aromatic rings. The fraction of sp³-hybridized carbons (Fsp3) is 0.143. The van der Waals surface area contributed by atoms with Gasteiger partial charge in [-0.05, 0) is 11.6 Å². The van der Waals surface area contributed by atoms with E-state index in [-0.39, 0.29) is 57.8 Å². The topological polar surface area (TPSA) is 53.0 Å². The molecule has 0 aliphatic heterocycles. The number of carboxylic acid groups (broad SMARTS) is 1. The van der Waals surface area contributed by atoms with Crippen LogP contribution in [0, 0.1) is 0 Å². The molecule has 52 valence electrons. The van der Waals surface area contributed by atoms with Crippen LogP contribution in [0.3, 0.4) is 0 Å². The van der Waals surface area contributed by atoms with Crippen LogP contribution in [0.4, 0.5) is 0 Å². The van der Waals surface area contributed by atoms with Gasteiger partial charge in [0.05, 0.1) is 0 Å². The number of hydrogen-bond donors (Lipinski definition) is 0. The van der Waals surface area contributed by atoms with Crippen LogP contribution < -0.4 is 56.5 Å². The van der Waals surface area contributed by atoms with Gasteiger partial charge >= 0.3 is 51.4 Å². The van der Waals surface area contributed by atoms with Crippen LogP contribution in [0.15, 0.2) is 24.5 Å². The van der Waals surface area contributed by atoms with Gasteiger partial charge in [-0.3, -0.25) is 4.98 Å². The smallest absolute Gasteiger partial charge is 0.550 e. The van der Waals surface area contributed by atoms with E-state index in [2.05, 4.69) is 4.98 Å². The van der Waals surface area contributed by atoms with Gasteiger partial charge in [-0.1, -0.05) is 6.07 Å². The summed E-state index contributed by atoms with van der Waals surface area (Å²) in [6.07, 6.45) is 3.04. The molecule has 0 spiro atoms. The Morgan fingerprint density at radius 2 is 2.36 bits per heavy atom. The number of hydrogen-bond acceptors (Lipinski definition) is 3. The van der Waals surface area contributed by atoms with Crippen LogP contribution in [0.1, 0.15) is 5.56 Å². The average molecular weight is 175 g/mol. The molecule has 0 saturated carbocycles. The molecule has 0 aliphatic rings. The monoisotopic (exact) mass is 175 g/mol. The van der Waals surface area contributed by atoms with Crippen molar-refractivity contribution >= 4 is 5.97 Å². The molecule has 1 aromatic heterocycles. The van der Waals surface area contributed by atoms with E-state index in [1.165, 1.54) is 6.20 Å². The summed E-state index contributed by atoms with van der Waals surface area (Å²) in [6, 6.07) is 3.39. The first kappa shape index (κ1) is 11.3. The van der Waals surface area contributed by atoms with E-state index in [9.17, 15) is 9.90 Å². The van der Waals surface area contributed by atoms with E-state index >= 15 is 0 Å². The SMILES string of the molecule is O=C([O-])Cc1cccnc1.[K+]. The van der Waals surface area contributed by atoms with E-state index in [1.54, 1.807) is 18.3 Å². The van der Waals surface area contributed by atoms with E-state index < -0.39 is 5.97 Å². The molecule has 0 N–H and O–H groups in total. The molecular weight excluding hydrogens is 169 g/mol. The van der Waals surface area contributed by atoms with E-state index in [0.717, 1.165) is 0 Å². The minimum Gasteiger partial charge on any atom is -0.550 e. The summed E-state index contributed by atoms with van der Waals surface area (Å²) in [5.41, 5.74) is 0.669. The van der Waals surface area contributed by atoms with Gasteiger partial charge in [0.1, 0.15) is 0 Å².